The molecule has 0 amide bonds. The van der Waals surface area contributed by atoms with Crippen LogP contribution in [-0.4, -0.2) is 18.4 Å². The van der Waals surface area contributed by atoms with Crippen LogP contribution in [0.15, 0.2) is 18.2 Å². The summed E-state index contributed by atoms with van der Waals surface area (Å²) < 4.78 is 26.6. The second-order valence-electron chi connectivity index (χ2n) is 4.08. The molecule has 1 aromatic rings. The first-order valence-electron chi connectivity index (χ1n) is 5.72. The van der Waals surface area contributed by atoms with E-state index in [2.05, 4.69) is 5.32 Å². The van der Waals surface area contributed by atoms with E-state index in [-0.39, 0.29) is 30.2 Å². The van der Waals surface area contributed by atoms with Gasteiger partial charge in [-0.3, -0.25) is 4.79 Å². The van der Waals surface area contributed by atoms with Gasteiger partial charge in [0, 0.05) is 24.4 Å². The minimum absolute atomic E-state index is 0.0299. The fourth-order valence-corrected chi connectivity index (χ4v) is 1.73. The van der Waals surface area contributed by atoms with Gasteiger partial charge in [-0.05, 0) is 25.6 Å². The molecule has 0 saturated heterocycles. The Bertz CT molecular complexity index is 373. The van der Waals surface area contributed by atoms with Crippen LogP contribution in [0.4, 0.5) is 8.78 Å². The molecule has 0 bridgehead atoms. The fourth-order valence-electron chi connectivity index (χ4n) is 1.73. The lowest BCUT2D eigenvalue weighted by atomic mass is 10.0. The average Bonchev–Trinajstić information content (AvgIpc) is 2.24. The summed E-state index contributed by atoms with van der Waals surface area (Å²) in [5.41, 5.74) is -0.138. The van der Waals surface area contributed by atoms with E-state index < -0.39 is 11.6 Å². The minimum Gasteiger partial charge on any atom is -0.314 e. The van der Waals surface area contributed by atoms with E-state index in [0.29, 0.717) is 0 Å². The minimum atomic E-state index is -0.658. The number of carbonyl (C=O) groups excluding carboxylic acids is 1. The van der Waals surface area contributed by atoms with Gasteiger partial charge in [-0.15, -0.1) is 0 Å². The van der Waals surface area contributed by atoms with E-state index in [1.54, 1.807) is 0 Å². The van der Waals surface area contributed by atoms with Gasteiger partial charge in [0.15, 0.2) is 0 Å². The molecule has 17 heavy (non-hydrogen) atoms. The summed E-state index contributed by atoms with van der Waals surface area (Å²) in [6.07, 6.45) is 0.0931. The van der Waals surface area contributed by atoms with Crippen LogP contribution in [-0.2, 0) is 11.2 Å². The molecule has 1 unspecified atom stereocenters. The third-order valence-electron chi connectivity index (χ3n) is 2.52. The molecule has 0 aliphatic rings. The molecule has 0 aliphatic heterocycles. The van der Waals surface area contributed by atoms with E-state index >= 15 is 0 Å². The molecule has 1 N–H and O–H groups in total. The zero-order valence-electron chi connectivity index (χ0n) is 10.1. The lowest BCUT2D eigenvalue weighted by Gasteiger charge is -2.11. The largest absolute Gasteiger partial charge is 0.314 e. The maximum atomic E-state index is 13.3. The van der Waals surface area contributed by atoms with Crippen molar-refractivity contribution in [3.05, 3.63) is 35.4 Å². The maximum absolute atomic E-state index is 13.3. The van der Waals surface area contributed by atoms with Gasteiger partial charge >= 0.3 is 0 Å². The SMILES string of the molecule is CCNC(C)CC(=O)Cc1c(F)cccc1F. The zero-order chi connectivity index (χ0) is 12.8. The monoisotopic (exact) mass is 241 g/mol. The zero-order valence-corrected chi connectivity index (χ0v) is 10.1. The Kier molecular flexibility index (Phi) is 5.22. The average molecular weight is 241 g/mol. The summed E-state index contributed by atoms with van der Waals surface area (Å²) in [5, 5.41) is 3.08. The van der Waals surface area contributed by atoms with Crippen LogP contribution in [0, 0.1) is 11.6 Å². The lowest BCUT2D eigenvalue weighted by molar-refractivity contribution is -0.118. The second-order valence-corrected chi connectivity index (χ2v) is 4.08. The van der Waals surface area contributed by atoms with Gasteiger partial charge in [0.25, 0.3) is 0 Å². The van der Waals surface area contributed by atoms with E-state index in [1.807, 2.05) is 13.8 Å². The van der Waals surface area contributed by atoms with Gasteiger partial charge in [-0.1, -0.05) is 13.0 Å². The molecule has 94 valence electrons. The van der Waals surface area contributed by atoms with Crippen LogP contribution < -0.4 is 5.32 Å². The normalized spacial score (nSPS) is 12.5. The topological polar surface area (TPSA) is 29.1 Å². The van der Waals surface area contributed by atoms with Crippen molar-refractivity contribution in [3.63, 3.8) is 0 Å². The van der Waals surface area contributed by atoms with Crippen molar-refractivity contribution in [1.29, 1.82) is 0 Å². The highest BCUT2D eigenvalue weighted by Crippen LogP contribution is 2.13. The third-order valence-corrected chi connectivity index (χ3v) is 2.52. The first kappa shape index (κ1) is 13.8. The first-order chi connectivity index (χ1) is 8.04. The van der Waals surface area contributed by atoms with Crippen LogP contribution in [0.1, 0.15) is 25.8 Å². The van der Waals surface area contributed by atoms with Crippen LogP contribution in [0.5, 0.6) is 0 Å². The molecule has 0 saturated carbocycles. The molecule has 0 aliphatic carbocycles. The van der Waals surface area contributed by atoms with E-state index in [0.717, 1.165) is 6.54 Å². The first-order valence-corrected chi connectivity index (χ1v) is 5.72. The highest BCUT2D eigenvalue weighted by Gasteiger charge is 2.14. The summed E-state index contributed by atoms with van der Waals surface area (Å²) in [6, 6.07) is 3.65. The van der Waals surface area contributed by atoms with Gasteiger partial charge in [-0.25, -0.2) is 8.78 Å². The number of rotatable bonds is 6. The Balaban J connectivity index is 2.62. The van der Waals surface area contributed by atoms with Crippen molar-refractivity contribution in [2.45, 2.75) is 32.7 Å². The maximum Gasteiger partial charge on any atom is 0.139 e. The predicted molar refractivity (Wildman–Crippen MR) is 62.8 cm³/mol. The number of nitrogens with one attached hydrogen (secondary N) is 1. The number of halogens is 2. The van der Waals surface area contributed by atoms with Crippen LogP contribution >= 0.6 is 0 Å². The smallest absolute Gasteiger partial charge is 0.139 e. The molecule has 1 atom stereocenters. The van der Waals surface area contributed by atoms with Gasteiger partial charge in [0.05, 0.1) is 0 Å². The summed E-state index contributed by atoms with van der Waals surface area (Å²) in [6.45, 7) is 4.58. The van der Waals surface area contributed by atoms with Crippen molar-refractivity contribution in [2.75, 3.05) is 6.54 Å². The summed E-state index contributed by atoms with van der Waals surface area (Å²) in [7, 11) is 0. The second kappa shape index (κ2) is 6.45. The molecular weight excluding hydrogens is 224 g/mol. The molecule has 0 radical (unpaired) electrons. The molecule has 0 heterocycles. The molecule has 2 nitrogen and oxygen atoms in total. The van der Waals surface area contributed by atoms with Crippen LogP contribution in [0.3, 0.4) is 0 Å². The number of Topliss-reactive ketones (excluding diaryl/α,β-unsaturated/α-hetero) is 1. The van der Waals surface area contributed by atoms with Gasteiger partial charge in [0.1, 0.15) is 17.4 Å². The number of hydrogen-bond acceptors (Lipinski definition) is 2. The molecule has 1 aromatic carbocycles. The van der Waals surface area contributed by atoms with Crippen molar-refractivity contribution in [2.24, 2.45) is 0 Å². The molecule has 0 aromatic heterocycles. The highest BCUT2D eigenvalue weighted by molar-refractivity contribution is 5.81. The van der Waals surface area contributed by atoms with Crippen LogP contribution in [0.2, 0.25) is 0 Å². The lowest BCUT2D eigenvalue weighted by Crippen LogP contribution is -2.28. The van der Waals surface area contributed by atoms with Crippen molar-refractivity contribution in [3.8, 4) is 0 Å². The Morgan fingerprint density at radius 1 is 1.35 bits per heavy atom. The van der Waals surface area contributed by atoms with E-state index in [1.165, 1.54) is 18.2 Å². The van der Waals surface area contributed by atoms with Gasteiger partial charge in [-0.2, -0.15) is 0 Å². The molecule has 0 spiro atoms. The van der Waals surface area contributed by atoms with Crippen molar-refractivity contribution in [1.82, 2.24) is 5.32 Å². The quantitative estimate of drug-likeness (QED) is 0.829. The number of carbonyl (C=O) groups is 1. The summed E-state index contributed by atoms with van der Waals surface area (Å²) >= 11 is 0. The van der Waals surface area contributed by atoms with E-state index in [9.17, 15) is 13.6 Å². The molecule has 1 rings (SSSR count). The Morgan fingerprint density at radius 3 is 2.47 bits per heavy atom. The summed E-state index contributed by atoms with van der Waals surface area (Å²) in [5.74, 6) is -1.48. The number of hydrogen-bond donors (Lipinski definition) is 1. The third kappa shape index (κ3) is 4.23. The van der Waals surface area contributed by atoms with Gasteiger partial charge in [0.2, 0.25) is 0 Å². The van der Waals surface area contributed by atoms with Crippen molar-refractivity contribution >= 4 is 5.78 Å². The number of ketones is 1. The molecule has 4 heteroatoms. The molecular formula is C13H17F2NO. The number of benzene rings is 1. The molecule has 0 fully saturated rings. The Labute approximate surface area is 100 Å². The highest BCUT2D eigenvalue weighted by atomic mass is 19.1. The van der Waals surface area contributed by atoms with Crippen molar-refractivity contribution < 1.29 is 13.6 Å². The van der Waals surface area contributed by atoms with Crippen LogP contribution in [0.25, 0.3) is 0 Å². The Morgan fingerprint density at radius 2 is 1.94 bits per heavy atom. The van der Waals surface area contributed by atoms with E-state index in [4.69, 9.17) is 0 Å². The van der Waals surface area contributed by atoms with Gasteiger partial charge < -0.3 is 5.32 Å². The summed E-state index contributed by atoms with van der Waals surface area (Å²) in [4.78, 5) is 11.6. The predicted octanol–water partition coefficient (Wildman–Crippen LogP) is 2.46. The fraction of sp³-hybridized carbons (Fsp3) is 0.462. The Hall–Kier alpha value is -1.29. The standard InChI is InChI=1S/C13H17F2NO/c1-3-16-9(2)7-10(17)8-11-12(14)5-4-6-13(11)15/h4-6,9,16H,3,7-8H2,1-2H3.